The largest absolute Gasteiger partial charge is 0.493 e. The minimum atomic E-state index is 0.663. The fraction of sp³-hybridized carbons (Fsp3) is 0.684. The van der Waals surface area contributed by atoms with Gasteiger partial charge >= 0.3 is 0 Å². The highest BCUT2D eigenvalue weighted by molar-refractivity contribution is 5.53. The molecule has 2 aliphatic rings. The molecule has 0 unspecified atom stereocenters. The Morgan fingerprint density at radius 1 is 0.875 bits per heavy atom. The van der Waals surface area contributed by atoms with Crippen molar-refractivity contribution >= 4 is 0 Å². The maximum atomic E-state index is 5.46. The van der Waals surface area contributed by atoms with Gasteiger partial charge in [0, 0.05) is 12.6 Å². The van der Waals surface area contributed by atoms with E-state index in [9.17, 15) is 0 Å². The predicted molar refractivity (Wildman–Crippen MR) is 95.2 cm³/mol. The summed E-state index contributed by atoms with van der Waals surface area (Å²) in [4.78, 5) is 5.23. The first-order valence-electron chi connectivity index (χ1n) is 9.00. The number of rotatable bonds is 6. The van der Waals surface area contributed by atoms with Gasteiger partial charge in [0.05, 0.1) is 21.3 Å². The van der Waals surface area contributed by atoms with Gasteiger partial charge in [-0.1, -0.05) is 0 Å². The van der Waals surface area contributed by atoms with E-state index in [1.807, 2.05) is 0 Å². The van der Waals surface area contributed by atoms with Gasteiger partial charge in [0.1, 0.15) is 0 Å². The SMILES string of the molecule is COc1cc(CN2CCC(N3CCCC3)CC2)cc(OC)c1OC. The molecule has 3 rings (SSSR count). The van der Waals surface area contributed by atoms with Crippen LogP contribution in [0.15, 0.2) is 12.1 Å². The molecule has 24 heavy (non-hydrogen) atoms. The van der Waals surface area contributed by atoms with Crippen LogP contribution in [-0.4, -0.2) is 63.4 Å². The molecule has 134 valence electrons. The Hall–Kier alpha value is -1.46. The van der Waals surface area contributed by atoms with Crippen LogP contribution >= 0.6 is 0 Å². The summed E-state index contributed by atoms with van der Waals surface area (Å²) in [6.07, 6.45) is 5.33. The van der Waals surface area contributed by atoms with Crippen LogP contribution in [0.25, 0.3) is 0 Å². The Kier molecular flexibility index (Phi) is 5.85. The summed E-state index contributed by atoms with van der Waals surface area (Å²) in [5.41, 5.74) is 1.21. The van der Waals surface area contributed by atoms with E-state index in [-0.39, 0.29) is 0 Å². The Labute approximate surface area is 145 Å². The minimum absolute atomic E-state index is 0.663. The van der Waals surface area contributed by atoms with E-state index >= 15 is 0 Å². The molecule has 5 heteroatoms. The molecule has 2 fully saturated rings. The van der Waals surface area contributed by atoms with Crippen molar-refractivity contribution in [3.8, 4) is 17.2 Å². The monoisotopic (exact) mass is 334 g/mol. The van der Waals surface area contributed by atoms with Gasteiger partial charge in [-0.25, -0.2) is 0 Å². The molecule has 2 saturated heterocycles. The van der Waals surface area contributed by atoms with Crippen molar-refractivity contribution < 1.29 is 14.2 Å². The second kappa shape index (κ2) is 8.08. The van der Waals surface area contributed by atoms with Gasteiger partial charge in [0.25, 0.3) is 0 Å². The topological polar surface area (TPSA) is 34.2 Å². The van der Waals surface area contributed by atoms with Crippen LogP contribution in [-0.2, 0) is 6.54 Å². The lowest BCUT2D eigenvalue weighted by Crippen LogP contribution is -2.43. The van der Waals surface area contributed by atoms with Gasteiger partial charge in [-0.15, -0.1) is 0 Å². The summed E-state index contributed by atoms with van der Waals surface area (Å²) in [6, 6.07) is 4.92. The number of hydrogen-bond donors (Lipinski definition) is 0. The smallest absolute Gasteiger partial charge is 0.203 e. The summed E-state index contributed by atoms with van der Waals surface area (Å²) in [7, 11) is 4.98. The number of piperidine rings is 1. The van der Waals surface area contributed by atoms with E-state index in [1.165, 1.54) is 44.3 Å². The molecule has 0 radical (unpaired) electrons. The van der Waals surface area contributed by atoms with Gasteiger partial charge in [-0.3, -0.25) is 4.90 Å². The van der Waals surface area contributed by atoms with Gasteiger partial charge in [-0.2, -0.15) is 0 Å². The zero-order valence-electron chi connectivity index (χ0n) is 15.2. The molecule has 0 saturated carbocycles. The maximum absolute atomic E-state index is 5.46. The van der Waals surface area contributed by atoms with Crippen molar-refractivity contribution in [3.63, 3.8) is 0 Å². The molecule has 0 aromatic heterocycles. The van der Waals surface area contributed by atoms with E-state index in [0.717, 1.165) is 37.2 Å². The molecule has 2 aliphatic heterocycles. The highest BCUT2D eigenvalue weighted by atomic mass is 16.5. The molecule has 1 aromatic rings. The number of benzene rings is 1. The number of ether oxygens (including phenoxy) is 3. The van der Waals surface area contributed by atoms with Crippen LogP contribution < -0.4 is 14.2 Å². The fourth-order valence-corrected chi connectivity index (χ4v) is 4.03. The zero-order valence-corrected chi connectivity index (χ0v) is 15.2. The molecule has 0 atom stereocenters. The van der Waals surface area contributed by atoms with Crippen LogP contribution in [0.2, 0.25) is 0 Å². The standard InChI is InChI=1S/C19H30N2O3/c1-22-17-12-15(13-18(23-2)19(17)24-3)14-20-10-6-16(7-11-20)21-8-4-5-9-21/h12-13,16H,4-11,14H2,1-3H3. The molecule has 1 aromatic carbocycles. The molecule has 0 N–H and O–H groups in total. The third-order valence-corrected chi connectivity index (χ3v) is 5.34. The summed E-state index contributed by atoms with van der Waals surface area (Å²) >= 11 is 0. The summed E-state index contributed by atoms with van der Waals surface area (Å²) < 4.78 is 16.3. The van der Waals surface area contributed by atoms with Gasteiger partial charge in [0.15, 0.2) is 11.5 Å². The Balaban J connectivity index is 1.62. The van der Waals surface area contributed by atoms with Gasteiger partial charge < -0.3 is 19.1 Å². The van der Waals surface area contributed by atoms with E-state index in [4.69, 9.17) is 14.2 Å². The van der Waals surface area contributed by atoms with E-state index in [1.54, 1.807) is 21.3 Å². The highest BCUT2D eigenvalue weighted by Crippen LogP contribution is 2.38. The lowest BCUT2D eigenvalue weighted by Gasteiger charge is -2.36. The number of nitrogens with zero attached hydrogens (tertiary/aromatic N) is 2. The lowest BCUT2D eigenvalue weighted by atomic mass is 10.0. The van der Waals surface area contributed by atoms with Gasteiger partial charge in [-0.05, 0) is 69.6 Å². The maximum Gasteiger partial charge on any atom is 0.203 e. The Morgan fingerprint density at radius 2 is 1.46 bits per heavy atom. The average Bonchev–Trinajstić information content (AvgIpc) is 3.16. The molecule has 0 bridgehead atoms. The van der Waals surface area contributed by atoms with Crippen LogP contribution in [0.1, 0.15) is 31.2 Å². The van der Waals surface area contributed by atoms with E-state index < -0.39 is 0 Å². The van der Waals surface area contributed by atoms with E-state index in [0.29, 0.717) is 5.75 Å². The fourth-order valence-electron chi connectivity index (χ4n) is 4.03. The van der Waals surface area contributed by atoms with Crippen LogP contribution in [0, 0.1) is 0 Å². The first kappa shape index (κ1) is 17.4. The van der Waals surface area contributed by atoms with Crippen molar-refractivity contribution in [2.24, 2.45) is 0 Å². The van der Waals surface area contributed by atoms with Crippen molar-refractivity contribution in [1.29, 1.82) is 0 Å². The van der Waals surface area contributed by atoms with Crippen LogP contribution in [0.3, 0.4) is 0 Å². The average molecular weight is 334 g/mol. The Morgan fingerprint density at radius 3 is 1.96 bits per heavy atom. The third kappa shape index (κ3) is 3.78. The minimum Gasteiger partial charge on any atom is -0.493 e. The molecule has 0 aliphatic carbocycles. The second-order valence-corrected chi connectivity index (χ2v) is 6.78. The number of likely N-dealkylation sites (tertiary alicyclic amines) is 2. The number of methoxy groups -OCH3 is 3. The normalized spacial score (nSPS) is 20.3. The summed E-state index contributed by atoms with van der Waals surface area (Å²) in [5, 5.41) is 0. The predicted octanol–water partition coefficient (Wildman–Crippen LogP) is 2.77. The van der Waals surface area contributed by atoms with Crippen molar-refractivity contribution in [2.75, 3.05) is 47.5 Å². The molecule has 2 heterocycles. The second-order valence-electron chi connectivity index (χ2n) is 6.78. The first-order valence-corrected chi connectivity index (χ1v) is 9.00. The van der Waals surface area contributed by atoms with Crippen molar-refractivity contribution in [3.05, 3.63) is 17.7 Å². The molecule has 0 spiro atoms. The Bertz CT molecular complexity index is 510. The molecular weight excluding hydrogens is 304 g/mol. The van der Waals surface area contributed by atoms with Gasteiger partial charge in [0.2, 0.25) is 5.75 Å². The zero-order chi connectivity index (χ0) is 16.9. The van der Waals surface area contributed by atoms with Crippen LogP contribution in [0.5, 0.6) is 17.2 Å². The highest BCUT2D eigenvalue weighted by Gasteiger charge is 2.26. The quantitative estimate of drug-likeness (QED) is 0.799. The molecular formula is C19H30N2O3. The van der Waals surface area contributed by atoms with Crippen molar-refractivity contribution in [2.45, 2.75) is 38.3 Å². The summed E-state index contributed by atoms with van der Waals surface area (Å²) in [6.45, 7) is 5.87. The van der Waals surface area contributed by atoms with Crippen molar-refractivity contribution in [1.82, 2.24) is 9.80 Å². The lowest BCUT2D eigenvalue weighted by molar-refractivity contribution is 0.122. The van der Waals surface area contributed by atoms with E-state index in [2.05, 4.69) is 21.9 Å². The third-order valence-electron chi connectivity index (χ3n) is 5.34. The summed E-state index contributed by atoms with van der Waals surface area (Å²) in [5.74, 6) is 2.13. The van der Waals surface area contributed by atoms with Crippen LogP contribution in [0.4, 0.5) is 0 Å². The first-order chi connectivity index (χ1) is 11.7. The number of hydrogen-bond acceptors (Lipinski definition) is 5. The molecule has 5 nitrogen and oxygen atoms in total. The molecule has 0 amide bonds.